The molecule has 1 fully saturated rings. The zero-order valence-corrected chi connectivity index (χ0v) is 12.9. The highest BCUT2D eigenvalue weighted by molar-refractivity contribution is 7.07. The van der Waals surface area contributed by atoms with Crippen molar-refractivity contribution in [2.24, 2.45) is 5.92 Å². The van der Waals surface area contributed by atoms with Gasteiger partial charge in [-0.2, -0.15) is 11.3 Å². The topological polar surface area (TPSA) is 20.3 Å². The quantitative estimate of drug-likeness (QED) is 0.688. The molecular weight excluding hydrogens is 254 g/mol. The Bertz CT molecular complexity index is 377. The molecule has 0 aromatic carbocycles. The highest BCUT2D eigenvalue weighted by atomic mass is 32.1. The molecule has 1 aliphatic rings. The molecule has 1 aliphatic carbocycles. The molecule has 1 saturated carbocycles. The van der Waals surface area contributed by atoms with Crippen LogP contribution >= 0.6 is 11.3 Å². The fourth-order valence-corrected chi connectivity index (χ4v) is 3.34. The summed E-state index contributed by atoms with van der Waals surface area (Å²) in [5.74, 6) is 0.645. The van der Waals surface area contributed by atoms with Crippen LogP contribution in [0.1, 0.15) is 57.9 Å². The zero-order chi connectivity index (χ0) is 13.7. The van der Waals surface area contributed by atoms with E-state index in [1.807, 2.05) is 0 Å². The molecule has 1 aromatic heterocycles. The average Bonchev–Trinajstić information content (AvgIpc) is 3.12. The number of carbonyl (C=O) groups is 1. The van der Waals surface area contributed by atoms with Gasteiger partial charge in [0.15, 0.2) is 0 Å². The van der Waals surface area contributed by atoms with Crippen molar-refractivity contribution in [3.8, 4) is 0 Å². The minimum Gasteiger partial charge on any atom is -0.335 e. The second-order valence-electron chi connectivity index (χ2n) is 5.60. The third-order valence-corrected chi connectivity index (χ3v) is 4.56. The molecule has 0 unspecified atom stereocenters. The number of thiophene rings is 1. The number of amides is 1. The Balaban J connectivity index is 2.02. The fourth-order valence-electron chi connectivity index (χ4n) is 2.68. The summed E-state index contributed by atoms with van der Waals surface area (Å²) in [5, 5.41) is 4.26. The van der Waals surface area contributed by atoms with Crippen molar-refractivity contribution in [1.82, 2.24) is 4.90 Å². The molecule has 0 aliphatic heterocycles. The molecule has 0 N–H and O–H groups in total. The van der Waals surface area contributed by atoms with Crippen LogP contribution in [0.4, 0.5) is 0 Å². The first-order valence-corrected chi connectivity index (χ1v) is 8.52. The van der Waals surface area contributed by atoms with Gasteiger partial charge in [-0.1, -0.05) is 26.7 Å². The molecule has 2 nitrogen and oxygen atoms in total. The third kappa shape index (κ3) is 4.07. The second-order valence-corrected chi connectivity index (χ2v) is 6.38. The van der Waals surface area contributed by atoms with Crippen LogP contribution in [0.25, 0.3) is 0 Å². The Morgan fingerprint density at radius 1 is 1.37 bits per heavy atom. The van der Waals surface area contributed by atoms with E-state index in [2.05, 4.69) is 35.6 Å². The lowest BCUT2D eigenvalue weighted by atomic mass is 9.96. The summed E-state index contributed by atoms with van der Waals surface area (Å²) in [7, 11) is 0. The highest BCUT2D eigenvalue weighted by Crippen LogP contribution is 2.31. The maximum atomic E-state index is 12.8. The maximum absolute atomic E-state index is 12.8. The van der Waals surface area contributed by atoms with E-state index >= 15 is 0 Å². The summed E-state index contributed by atoms with van der Waals surface area (Å²) in [5.41, 5.74) is 1.29. The molecular formula is C16H25NOS. The smallest absolute Gasteiger partial charge is 0.226 e. The van der Waals surface area contributed by atoms with Gasteiger partial charge in [0.25, 0.3) is 0 Å². The van der Waals surface area contributed by atoms with Gasteiger partial charge in [0.05, 0.1) is 0 Å². The van der Waals surface area contributed by atoms with Crippen molar-refractivity contribution in [2.45, 2.75) is 65.0 Å². The Labute approximate surface area is 120 Å². The van der Waals surface area contributed by atoms with E-state index in [-0.39, 0.29) is 5.92 Å². The predicted octanol–water partition coefficient (Wildman–Crippen LogP) is 4.46. The number of hydrogen-bond donors (Lipinski definition) is 0. The monoisotopic (exact) mass is 279 g/mol. The van der Waals surface area contributed by atoms with Gasteiger partial charge in [-0.3, -0.25) is 4.79 Å². The maximum Gasteiger partial charge on any atom is 0.226 e. The molecule has 19 heavy (non-hydrogen) atoms. The predicted molar refractivity (Wildman–Crippen MR) is 81.2 cm³/mol. The Morgan fingerprint density at radius 3 is 2.53 bits per heavy atom. The van der Waals surface area contributed by atoms with Gasteiger partial charge in [-0.05, 0) is 48.1 Å². The summed E-state index contributed by atoms with van der Waals surface area (Å²) in [4.78, 5) is 14.9. The molecule has 0 spiro atoms. The minimum atomic E-state index is 0.245. The summed E-state index contributed by atoms with van der Waals surface area (Å²) in [6, 6.07) is 2.66. The van der Waals surface area contributed by atoms with E-state index in [1.54, 1.807) is 11.3 Å². The number of nitrogens with zero attached hydrogens (tertiary/aromatic N) is 1. The van der Waals surface area contributed by atoms with Crippen molar-refractivity contribution in [2.75, 3.05) is 0 Å². The summed E-state index contributed by atoms with van der Waals surface area (Å²) >= 11 is 1.72. The van der Waals surface area contributed by atoms with Crippen LogP contribution in [0.3, 0.4) is 0 Å². The lowest BCUT2D eigenvalue weighted by Gasteiger charge is -2.27. The van der Waals surface area contributed by atoms with Gasteiger partial charge in [0.2, 0.25) is 5.91 Å². The summed E-state index contributed by atoms with van der Waals surface area (Å²) in [6.07, 6.45) is 6.68. The molecule has 0 bridgehead atoms. The van der Waals surface area contributed by atoms with E-state index in [0.717, 1.165) is 32.2 Å². The Hall–Kier alpha value is -0.830. The Morgan fingerprint density at radius 2 is 2.05 bits per heavy atom. The summed E-state index contributed by atoms with van der Waals surface area (Å²) in [6.45, 7) is 5.17. The SMILES string of the molecule is CCCC(CCC)C(=O)N(Cc1ccsc1)C1CC1. The molecule has 2 rings (SSSR count). The van der Waals surface area contributed by atoms with Crippen molar-refractivity contribution >= 4 is 17.2 Å². The van der Waals surface area contributed by atoms with E-state index < -0.39 is 0 Å². The van der Waals surface area contributed by atoms with E-state index in [0.29, 0.717) is 11.9 Å². The van der Waals surface area contributed by atoms with Gasteiger partial charge in [0.1, 0.15) is 0 Å². The molecule has 1 aromatic rings. The van der Waals surface area contributed by atoms with E-state index in [4.69, 9.17) is 0 Å². The number of rotatable bonds is 8. The number of hydrogen-bond acceptors (Lipinski definition) is 2. The molecule has 0 atom stereocenters. The first-order valence-electron chi connectivity index (χ1n) is 7.57. The molecule has 0 saturated heterocycles. The normalized spacial score (nSPS) is 14.9. The first kappa shape index (κ1) is 14.6. The van der Waals surface area contributed by atoms with Crippen LogP contribution in [0.5, 0.6) is 0 Å². The van der Waals surface area contributed by atoms with E-state index in [9.17, 15) is 4.79 Å². The molecule has 1 heterocycles. The standard InChI is InChI=1S/C16H25NOS/c1-3-5-14(6-4-2)16(18)17(15-7-8-15)11-13-9-10-19-12-13/h9-10,12,14-15H,3-8,11H2,1-2H3. The van der Waals surface area contributed by atoms with Gasteiger partial charge in [-0.15, -0.1) is 0 Å². The highest BCUT2D eigenvalue weighted by Gasteiger charge is 2.35. The zero-order valence-electron chi connectivity index (χ0n) is 12.1. The van der Waals surface area contributed by atoms with E-state index in [1.165, 1.54) is 18.4 Å². The van der Waals surface area contributed by atoms with Gasteiger partial charge < -0.3 is 4.90 Å². The van der Waals surface area contributed by atoms with Crippen LogP contribution in [-0.4, -0.2) is 16.8 Å². The lowest BCUT2D eigenvalue weighted by Crippen LogP contribution is -2.37. The van der Waals surface area contributed by atoms with Crippen molar-refractivity contribution in [3.05, 3.63) is 22.4 Å². The third-order valence-electron chi connectivity index (χ3n) is 3.83. The van der Waals surface area contributed by atoms with Crippen LogP contribution in [0, 0.1) is 5.92 Å². The molecule has 3 heteroatoms. The van der Waals surface area contributed by atoms with Crippen LogP contribution in [-0.2, 0) is 11.3 Å². The average molecular weight is 279 g/mol. The summed E-state index contributed by atoms with van der Waals surface area (Å²) < 4.78 is 0. The van der Waals surface area contributed by atoms with Crippen molar-refractivity contribution in [3.63, 3.8) is 0 Å². The fraction of sp³-hybridized carbons (Fsp3) is 0.688. The van der Waals surface area contributed by atoms with Crippen LogP contribution < -0.4 is 0 Å². The van der Waals surface area contributed by atoms with Gasteiger partial charge in [0, 0.05) is 18.5 Å². The van der Waals surface area contributed by atoms with Crippen molar-refractivity contribution < 1.29 is 4.79 Å². The lowest BCUT2D eigenvalue weighted by molar-refractivity contribution is -0.137. The molecule has 0 radical (unpaired) electrons. The first-order chi connectivity index (χ1) is 9.26. The largest absolute Gasteiger partial charge is 0.335 e. The van der Waals surface area contributed by atoms with Gasteiger partial charge >= 0.3 is 0 Å². The minimum absolute atomic E-state index is 0.245. The number of carbonyl (C=O) groups excluding carboxylic acids is 1. The van der Waals surface area contributed by atoms with Crippen LogP contribution in [0.2, 0.25) is 0 Å². The molecule has 106 valence electrons. The van der Waals surface area contributed by atoms with Crippen LogP contribution in [0.15, 0.2) is 16.8 Å². The second kappa shape index (κ2) is 7.09. The van der Waals surface area contributed by atoms with Crippen molar-refractivity contribution in [1.29, 1.82) is 0 Å². The van der Waals surface area contributed by atoms with Gasteiger partial charge in [-0.25, -0.2) is 0 Å². The molecule has 1 amide bonds. The Kier molecular flexibility index (Phi) is 5.44.